The van der Waals surface area contributed by atoms with Crippen molar-refractivity contribution in [3.8, 4) is 0 Å². The van der Waals surface area contributed by atoms with Gasteiger partial charge in [-0.15, -0.1) is 0 Å². The molecule has 146 valence electrons. The van der Waals surface area contributed by atoms with Gasteiger partial charge in [0, 0.05) is 17.7 Å². The topological polar surface area (TPSA) is 29.1 Å². The van der Waals surface area contributed by atoms with E-state index in [1.54, 1.807) is 25.1 Å². The van der Waals surface area contributed by atoms with Crippen LogP contribution in [-0.2, 0) is 4.79 Å². The summed E-state index contributed by atoms with van der Waals surface area (Å²) in [5.74, 6) is -0.369. The Balaban J connectivity index is 0. The number of hydrogen-bond acceptors (Lipinski definition) is 2. The Hall–Kier alpha value is -2.16. The summed E-state index contributed by atoms with van der Waals surface area (Å²) < 4.78 is 13.9. The monoisotopic (exact) mass is 361 g/mol. The second-order valence-electron chi connectivity index (χ2n) is 5.42. The first-order valence-corrected chi connectivity index (χ1v) is 9.50. The van der Waals surface area contributed by atoms with E-state index >= 15 is 0 Å². The standard InChI is InChI=1S/C17H20FNO.C4H10.C2H6/c1-5-8-13(17(20)7-3)15(6-2)19-16-10-9-12(4)11-14(16)18;1-3-4-2;1-2/h5-6,8-11,19H,2,7H2,1,3-4H3;3-4H2,1-2H3;1-2H3/b8-5-,15-13-;;. The first kappa shape index (κ1) is 26.1. The number of halogens is 1. The van der Waals surface area contributed by atoms with Gasteiger partial charge in [-0.1, -0.05) is 72.3 Å². The van der Waals surface area contributed by atoms with Crippen molar-refractivity contribution in [1.29, 1.82) is 0 Å². The Morgan fingerprint density at radius 1 is 1.19 bits per heavy atom. The van der Waals surface area contributed by atoms with Crippen LogP contribution in [0.1, 0.15) is 66.4 Å². The highest BCUT2D eigenvalue weighted by Gasteiger charge is 2.11. The van der Waals surface area contributed by atoms with E-state index in [9.17, 15) is 9.18 Å². The minimum atomic E-state index is -0.354. The molecule has 2 nitrogen and oxygen atoms in total. The van der Waals surface area contributed by atoms with Crippen molar-refractivity contribution in [3.05, 3.63) is 65.7 Å². The van der Waals surface area contributed by atoms with Gasteiger partial charge < -0.3 is 5.32 Å². The Morgan fingerprint density at radius 3 is 2.15 bits per heavy atom. The maximum Gasteiger partial charge on any atom is 0.164 e. The van der Waals surface area contributed by atoms with Crippen molar-refractivity contribution in [1.82, 2.24) is 0 Å². The summed E-state index contributed by atoms with van der Waals surface area (Å²) in [4.78, 5) is 11.9. The minimum Gasteiger partial charge on any atom is -0.353 e. The average molecular weight is 362 g/mol. The molecule has 0 aliphatic rings. The SMILES string of the molecule is C=C/C(Nc1ccc(C)cc1F)=C(\C=C/C)C(=O)CC.CC.CCCC. The van der Waals surface area contributed by atoms with Gasteiger partial charge in [-0.25, -0.2) is 4.39 Å². The molecule has 0 heterocycles. The van der Waals surface area contributed by atoms with Crippen LogP contribution in [0.2, 0.25) is 0 Å². The van der Waals surface area contributed by atoms with Gasteiger partial charge in [0.05, 0.1) is 5.69 Å². The second-order valence-corrected chi connectivity index (χ2v) is 5.42. The molecule has 26 heavy (non-hydrogen) atoms. The summed E-state index contributed by atoms with van der Waals surface area (Å²) in [6.45, 7) is 17.5. The highest BCUT2D eigenvalue weighted by molar-refractivity contribution is 5.99. The third-order valence-corrected chi connectivity index (χ3v) is 3.34. The number of unbranched alkanes of at least 4 members (excludes halogenated alkanes) is 1. The first-order valence-electron chi connectivity index (χ1n) is 9.50. The van der Waals surface area contributed by atoms with Crippen LogP contribution >= 0.6 is 0 Å². The predicted molar refractivity (Wildman–Crippen MR) is 114 cm³/mol. The van der Waals surface area contributed by atoms with Crippen LogP contribution < -0.4 is 5.32 Å². The summed E-state index contributed by atoms with van der Waals surface area (Å²) in [6, 6.07) is 4.90. The Bertz CT molecular complexity index is 598. The summed E-state index contributed by atoms with van der Waals surface area (Å²) in [5, 5.41) is 2.94. The van der Waals surface area contributed by atoms with Crippen LogP contribution in [0.4, 0.5) is 10.1 Å². The average Bonchev–Trinajstić information content (AvgIpc) is 2.67. The summed E-state index contributed by atoms with van der Waals surface area (Å²) in [5.41, 5.74) is 2.19. The highest BCUT2D eigenvalue weighted by Crippen LogP contribution is 2.20. The summed E-state index contributed by atoms with van der Waals surface area (Å²) in [6.07, 6.45) is 8.04. The van der Waals surface area contributed by atoms with Crippen LogP contribution in [0.5, 0.6) is 0 Å². The van der Waals surface area contributed by atoms with Crippen molar-refractivity contribution >= 4 is 11.5 Å². The molecule has 0 atom stereocenters. The molecule has 1 aromatic carbocycles. The number of aryl methyl sites for hydroxylation is 1. The fourth-order valence-electron chi connectivity index (χ4n) is 1.78. The normalized spacial score (nSPS) is 10.8. The molecule has 0 bridgehead atoms. The van der Waals surface area contributed by atoms with Gasteiger partial charge >= 0.3 is 0 Å². The number of allylic oxidation sites excluding steroid dienone is 4. The van der Waals surface area contributed by atoms with Crippen molar-refractivity contribution in [3.63, 3.8) is 0 Å². The molecule has 0 saturated carbocycles. The van der Waals surface area contributed by atoms with E-state index in [-0.39, 0.29) is 11.6 Å². The zero-order valence-corrected chi connectivity index (χ0v) is 17.6. The van der Waals surface area contributed by atoms with Crippen LogP contribution in [0, 0.1) is 12.7 Å². The largest absolute Gasteiger partial charge is 0.353 e. The molecule has 0 saturated heterocycles. The Morgan fingerprint density at radius 2 is 1.77 bits per heavy atom. The molecular weight excluding hydrogens is 325 g/mol. The van der Waals surface area contributed by atoms with Gasteiger partial charge in [0.25, 0.3) is 0 Å². The molecule has 0 aliphatic carbocycles. The molecule has 1 N–H and O–H groups in total. The number of nitrogens with one attached hydrogen (secondary N) is 1. The van der Waals surface area contributed by atoms with E-state index in [0.29, 0.717) is 23.4 Å². The predicted octanol–water partition coefficient (Wildman–Crippen LogP) is 7.37. The minimum absolute atomic E-state index is 0.0157. The third-order valence-electron chi connectivity index (χ3n) is 3.34. The lowest BCUT2D eigenvalue weighted by atomic mass is 10.1. The number of benzene rings is 1. The molecule has 1 aromatic rings. The van der Waals surface area contributed by atoms with Crippen molar-refractivity contribution < 1.29 is 9.18 Å². The first-order chi connectivity index (χ1) is 12.4. The number of rotatable bonds is 7. The van der Waals surface area contributed by atoms with Gasteiger partial charge in [0.2, 0.25) is 0 Å². The molecule has 3 heteroatoms. The zero-order chi connectivity index (χ0) is 20.5. The van der Waals surface area contributed by atoms with E-state index in [4.69, 9.17) is 0 Å². The van der Waals surface area contributed by atoms with Crippen LogP contribution in [0.15, 0.2) is 54.3 Å². The fraction of sp³-hybridized carbons (Fsp3) is 0.435. The van der Waals surface area contributed by atoms with Gasteiger partial charge in [-0.05, 0) is 37.6 Å². The van der Waals surface area contributed by atoms with Crippen LogP contribution in [0.3, 0.4) is 0 Å². The van der Waals surface area contributed by atoms with Crippen molar-refractivity contribution in [2.24, 2.45) is 0 Å². The quantitative estimate of drug-likeness (QED) is 0.405. The summed E-state index contributed by atoms with van der Waals surface area (Å²) in [7, 11) is 0. The lowest BCUT2D eigenvalue weighted by Crippen LogP contribution is -2.08. The van der Waals surface area contributed by atoms with Gasteiger partial charge in [0.15, 0.2) is 5.78 Å². The molecule has 1 rings (SSSR count). The molecule has 0 unspecified atom stereocenters. The van der Waals surface area contributed by atoms with Gasteiger partial charge in [-0.3, -0.25) is 4.79 Å². The Labute approximate surface area is 159 Å². The van der Waals surface area contributed by atoms with E-state index in [1.165, 1.54) is 25.0 Å². The smallest absolute Gasteiger partial charge is 0.164 e. The van der Waals surface area contributed by atoms with Crippen molar-refractivity contribution in [2.45, 2.75) is 67.7 Å². The summed E-state index contributed by atoms with van der Waals surface area (Å²) >= 11 is 0. The number of anilines is 1. The molecule has 0 radical (unpaired) electrons. The van der Waals surface area contributed by atoms with Crippen molar-refractivity contribution in [2.75, 3.05) is 5.32 Å². The molecule has 0 aromatic heterocycles. The van der Waals surface area contributed by atoms with E-state index in [1.807, 2.05) is 33.8 Å². The van der Waals surface area contributed by atoms with Crippen LogP contribution in [0.25, 0.3) is 0 Å². The van der Waals surface area contributed by atoms with E-state index in [2.05, 4.69) is 25.7 Å². The van der Waals surface area contributed by atoms with Gasteiger partial charge in [-0.2, -0.15) is 0 Å². The van der Waals surface area contributed by atoms with E-state index in [0.717, 1.165) is 5.56 Å². The van der Waals surface area contributed by atoms with Crippen LogP contribution in [-0.4, -0.2) is 5.78 Å². The molecule has 0 aliphatic heterocycles. The number of hydrogen-bond donors (Lipinski definition) is 1. The maximum absolute atomic E-state index is 13.9. The molecular formula is C23H36FNO. The number of Topliss-reactive ketones (excluding diaryl/α,β-unsaturated/α-hetero) is 1. The maximum atomic E-state index is 13.9. The fourth-order valence-corrected chi connectivity index (χ4v) is 1.78. The highest BCUT2D eigenvalue weighted by atomic mass is 19.1. The lowest BCUT2D eigenvalue weighted by molar-refractivity contribution is -0.115. The number of carbonyl (C=O) groups excluding carboxylic acids is 1. The Kier molecular flexibility index (Phi) is 16.4. The molecule has 0 spiro atoms. The third kappa shape index (κ3) is 9.97. The number of carbonyl (C=O) groups is 1. The van der Waals surface area contributed by atoms with E-state index < -0.39 is 0 Å². The molecule has 0 fully saturated rings. The van der Waals surface area contributed by atoms with Gasteiger partial charge in [0.1, 0.15) is 5.82 Å². The zero-order valence-electron chi connectivity index (χ0n) is 17.6. The number of ketones is 1. The molecule has 0 amide bonds. The second kappa shape index (κ2) is 16.3. The lowest BCUT2D eigenvalue weighted by Gasteiger charge is -2.12.